The quantitative estimate of drug-likeness (QED) is 0.668. The van der Waals surface area contributed by atoms with E-state index in [1.807, 2.05) is 0 Å². The van der Waals surface area contributed by atoms with E-state index < -0.39 is 0 Å². The third kappa shape index (κ3) is 1.08. The van der Waals surface area contributed by atoms with Crippen LogP contribution in [0.1, 0.15) is 23.5 Å². The summed E-state index contributed by atoms with van der Waals surface area (Å²) in [6.07, 6.45) is 3.40. The van der Waals surface area contributed by atoms with Gasteiger partial charge < -0.3 is 10.3 Å². The average Bonchev–Trinajstić information content (AvgIpc) is 2.88. The molecule has 0 saturated heterocycles. The zero-order chi connectivity index (χ0) is 12.4. The molecule has 1 aliphatic heterocycles. The highest BCUT2D eigenvalue weighted by Crippen LogP contribution is 2.67. The topological polar surface area (TPSA) is 27.8 Å². The van der Waals surface area contributed by atoms with Crippen LogP contribution in [0.2, 0.25) is 0 Å². The highest BCUT2D eigenvalue weighted by atomic mass is 15.1. The van der Waals surface area contributed by atoms with Gasteiger partial charge in [0.1, 0.15) is 0 Å². The third-order valence-electron chi connectivity index (χ3n) is 4.72. The first kappa shape index (κ1) is 9.68. The van der Waals surface area contributed by atoms with E-state index in [2.05, 4.69) is 65.0 Å². The highest BCUT2D eigenvalue weighted by Gasteiger charge is 2.61. The van der Waals surface area contributed by atoms with Crippen molar-refractivity contribution in [3.63, 3.8) is 0 Å². The van der Waals surface area contributed by atoms with Gasteiger partial charge in [-0.15, -0.1) is 0 Å². The van der Waals surface area contributed by atoms with E-state index in [0.717, 1.165) is 0 Å². The van der Waals surface area contributed by atoms with Crippen molar-refractivity contribution in [1.29, 1.82) is 0 Å². The summed E-state index contributed by atoms with van der Waals surface area (Å²) < 4.78 is 0. The van der Waals surface area contributed by atoms with Crippen molar-refractivity contribution in [1.82, 2.24) is 4.98 Å². The lowest BCUT2D eigenvalue weighted by atomic mass is 10.0. The smallest absolute Gasteiger partial charge is 0.0723 e. The number of nitrogens with one attached hydrogen (secondary N) is 2. The molecule has 1 saturated carbocycles. The summed E-state index contributed by atoms with van der Waals surface area (Å²) in [5.74, 6) is 0.642. The summed E-state index contributed by atoms with van der Waals surface area (Å²) in [4.78, 5) is 3.40. The predicted octanol–water partition coefficient (Wildman–Crippen LogP) is 3.98. The number of rotatable bonds is 1. The molecule has 0 spiro atoms. The number of hydrogen-bond donors (Lipinski definition) is 2. The van der Waals surface area contributed by atoms with Gasteiger partial charge in [0.05, 0.1) is 5.54 Å². The zero-order valence-corrected chi connectivity index (χ0v) is 10.5. The van der Waals surface area contributed by atoms with Gasteiger partial charge >= 0.3 is 0 Å². The second-order valence-electron chi connectivity index (χ2n) is 5.69. The molecule has 19 heavy (non-hydrogen) atoms. The number of fused-ring (bicyclic) bond motifs is 4. The average molecular weight is 246 g/mol. The van der Waals surface area contributed by atoms with Crippen LogP contribution in [0.25, 0.3) is 10.9 Å². The van der Waals surface area contributed by atoms with Crippen molar-refractivity contribution < 1.29 is 0 Å². The molecule has 2 aromatic carbocycles. The molecule has 1 fully saturated rings. The number of para-hydroxylation sites is 2. The Balaban J connectivity index is 1.71. The first-order valence-electron chi connectivity index (χ1n) is 6.82. The Kier molecular flexibility index (Phi) is 1.54. The Morgan fingerprint density at radius 3 is 2.79 bits per heavy atom. The molecule has 2 aliphatic rings. The summed E-state index contributed by atoms with van der Waals surface area (Å²) in [7, 11) is 0. The van der Waals surface area contributed by atoms with Gasteiger partial charge in [-0.2, -0.15) is 0 Å². The van der Waals surface area contributed by atoms with Crippen LogP contribution < -0.4 is 5.32 Å². The lowest BCUT2D eigenvalue weighted by molar-refractivity contribution is 0.813. The second kappa shape index (κ2) is 3.02. The molecule has 2 unspecified atom stereocenters. The maximum atomic E-state index is 3.76. The molecular formula is C17H14N2. The van der Waals surface area contributed by atoms with Gasteiger partial charge in [0.25, 0.3) is 0 Å². The molecule has 2 heterocycles. The van der Waals surface area contributed by atoms with Crippen molar-refractivity contribution in [2.45, 2.75) is 17.9 Å². The van der Waals surface area contributed by atoms with Crippen molar-refractivity contribution in [3.8, 4) is 0 Å². The van der Waals surface area contributed by atoms with Crippen molar-refractivity contribution in [2.75, 3.05) is 5.32 Å². The summed E-state index contributed by atoms with van der Waals surface area (Å²) in [5, 5.41) is 5.11. The SMILES string of the molecule is c1ccc2c(c1)NC1(c3c[nH]c4ccccc34)CC21. The monoisotopic (exact) mass is 246 g/mol. The fraction of sp³-hybridized carbons (Fsp3) is 0.176. The maximum Gasteiger partial charge on any atom is 0.0723 e. The van der Waals surface area contributed by atoms with Crippen LogP contribution in [0.4, 0.5) is 5.69 Å². The van der Waals surface area contributed by atoms with Crippen molar-refractivity contribution >= 4 is 16.6 Å². The number of anilines is 1. The van der Waals surface area contributed by atoms with E-state index in [1.165, 1.54) is 34.1 Å². The summed E-state index contributed by atoms with van der Waals surface area (Å²) in [6, 6.07) is 17.3. The minimum Gasteiger partial charge on any atom is -0.375 e. The number of benzene rings is 2. The first-order chi connectivity index (χ1) is 9.38. The molecule has 2 atom stereocenters. The van der Waals surface area contributed by atoms with Gasteiger partial charge in [-0.1, -0.05) is 36.4 Å². The Labute approximate surface area is 111 Å². The Bertz CT molecular complexity index is 802. The van der Waals surface area contributed by atoms with E-state index in [9.17, 15) is 0 Å². The molecule has 0 radical (unpaired) electrons. The number of aromatic nitrogens is 1. The van der Waals surface area contributed by atoms with Crippen molar-refractivity contribution in [3.05, 3.63) is 65.9 Å². The van der Waals surface area contributed by atoms with Gasteiger partial charge in [0, 0.05) is 34.3 Å². The fourth-order valence-corrected chi connectivity index (χ4v) is 3.74. The molecule has 92 valence electrons. The largest absolute Gasteiger partial charge is 0.375 e. The molecule has 1 aromatic heterocycles. The summed E-state index contributed by atoms with van der Waals surface area (Å²) in [6.45, 7) is 0. The van der Waals surface area contributed by atoms with Crippen LogP contribution in [0, 0.1) is 0 Å². The zero-order valence-electron chi connectivity index (χ0n) is 10.5. The van der Waals surface area contributed by atoms with Gasteiger partial charge in [-0.25, -0.2) is 0 Å². The van der Waals surface area contributed by atoms with E-state index in [1.54, 1.807) is 0 Å². The Hall–Kier alpha value is -2.22. The fourth-order valence-electron chi connectivity index (χ4n) is 3.74. The van der Waals surface area contributed by atoms with Crippen LogP contribution in [0.3, 0.4) is 0 Å². The number of aromatic amines is 1. The van der Waals surface area contributed by atoms with E-state index in [-0.39, 0.29) is 5.54 Å². The molecule has 0 bridgehead atoms. The molecule has 2 nitrogen and oxygen atoms in total. The standard InChI is InChI=1S/C17H14N2/c1-3-7-15-12(6-1)14(10-18-15)17-9-13(17)11-5-2-4-8-16(11)19-17/h1-8,10,13,18-19H,9H2. The molecule has 3 aromatic rings. The molecule has 5 rings (SSSR count). The lowest BCUT2D eigenvalue weighted by Crippen LogP contribution is -2.16. The third-order valence-corrected chi connectivity index (χ3v) is 4.72. The molecular weight excluding hydrogens is 232 g/mol. The minimum absolute atomic E-state index is 0.142. The highest BCUT2D eigenvalue weighted by molar-refractivity contribution is 5.87. The molecule has 2 heteroatoms. The number of H-pyrrole nitrogens is 1. The van der Waals surface area contributed by atoms with Gasteiger partial charge in [0.2, 0.25) is 0 Å². The number of hydrogen-bond acceptors (Lipinski definition) is 1. The maximum absolute atomic E-state index is 3.76. The second-order valence-corrected chi connectivity index (χ2v) is 5.69. The summed E-state index contributed by atoms with van der Waals surface area (Å²) in [5.41, 5.74) is 5.58. The van der Waals surface area contributed by atoms with Gasteiger partial charge in [-0.05, 0) is 24.1 Å². The van der Waals surface area contributed by atoms with Crippen molar-refractivity contribution in [2.24, 2.45) is 0 Å². The van der Waals surface area contributed by atoms with Crippen LogP contribution in [0.5, 0.6) is 0 Å². The first-order valence-corrected chi connectivity index (χ1v) is 6.82. The van der Waals surface area contributed by atoms with E-state index >= 15 is 0 Å². The molecule has 2 N–H and O–H groups in total. The predicted molar refractivity (Wildman–Crippen MR) is 77.4 cm³/mol. The molecule has 0 amide bonds. The van der Waals surface area contributed by atoms with Crippen LogP contribution in [-0.4, -0.2) is 4.98 Å². The van der Waals surface area contributed by atoms with Crippen LogP contribution >= 0.6 is 0 Å². The normalized spacial score (nSPS) is 26.8. The van der Waals surface area contributed by atoms with E-state index in [4.69, 9.17) is 0 Å². The Morgan fingerprint density at radius 2 is 1.84 bits per heavy atom. The van der Waals surface area contributed by atoms with Crippen LogP contribution in [0.15, 0.2) is 54.7 Å². The summed E-state index contributed by atoms with van der Waals surface area (Å²) >= 11 is 0. The Morgan fingerprint density at radius 1 is 1.00 bits per heavy atom. The van der Waals surface area contributed by atoms with Gasteiger partial charge in [0.15, 0.2) is 0 Å². The van der Waals surface area contributed by atoms with Gasteiger partial charge in [-0.3, -0.25) is 0 Å². The van der Waals surface area contributed by atoms with E-state index in [0.29, 0.717) is 5.92 Å². The lowest BCUT2D eigenvalue weighted by Gasteiger charge is -2.14. The minimum atomic E-state index is 0.142. The molecule has 1 aliphatic carbocycles. The van der Waals surface area contributed by atoms with Crippen LogP contribution in [-0.2, 0) is 5.54 Å².